The largest absolute Gasteiger partial charge is 0.454 e. The molecule has 2 rings (SSSR count). The minimum absolute atomic E-state index is 0.0418. The maximum absolute atomic E-state index is 12.6. The van der Waals surface area contributed by atoms with Crippen LogP contribution in [0.4, 0.5) is 13.2 Å². The predicted octanol–water partition coefficient (Wildman–Crippen LogP) is 5.64. The van der Waals surface area contributed by atoms with E-state index >= 15 is 0 Å². The number of halogens is 4. The van der Waals surface area contributed by atoms with Crippen molar-refractivity contribution in [2.75, 3.05) is 5.94 Å². The van der Waals surface area contributed by atoms with Gasteiger partial charge in [0.25, 0.3) is 0 Å². The van der Waals surface area contributed by atoms with Crippen LogP contribution in [0.25, 0.3) is 11.1 Å². The number of hydrogen-bond donors (Lipinski definition) is 0. The van der Waals surface area contributed by atoms with E-state index < -0.39 is 11.7 Å². The third-order valence-corrected chi connectivity index (χ3v) is 4.10. The van der Waals surface area contributed by atoms with Crippen LogP contribution in [0.15, 0.2) is 47.4 Å². The van der Waals surface area contributed by atoms with E-state index in [1.165, 1.54) is 24.8 Å². The summed E-state index contributed by atoms with van der Waals surface area (Å²) in [5, 5.41) is 0.0418. The molecule has 23 heavy (non-hydrogen) atoms. The van der Waals surface area contributed by atoms with Crippen LogP contribution in [0.2, 0.25) is 5.02 Å². The lowest BCUT2D eigenvalue weighted by Crippen LogP contribution is -2.04. The van der Waals surface area contributed by atoms with Crippen molar-refractivity contribution >= 4 is 29.3 Å². The normalized spacial score (nSPS) is 11.3. The van der Waals surface area contributed by atoms with Gasteiger partial charge in [0, 0.05) is 22.4 Å². The van der Waals surface area contributed by atoms with Gasteiger partial charge in [-0.1, -0.05) is 41.6 Å². The second-order valence-corrected chi connectivity index (χ2v) is 6.02. The summed E-state index contributed by atoms with van der Waals surface area (Å²) in [6.45, 7) is 1.33. The lowest BCUT2D eigenvalue weighted by atomic mass is 10.0. The van der Waals surface area contributed by atoms with Gasteiger partial charge in [0.15, 0.2) is 0 Å². The number of carbonyl (C=O) groups is 1. The van der Waals surface area contributed by atoms with E-state index in [0.717, 1.165) is 17.0 Å². The Morgan fingerprint density at radius 2 is 1.83 bits per heavy atom. The van der Waals surface area contributed by atoms with E-state index in [1.807, 2.05) is 0 Å². The van der Waals surface area contributed by atoms with Crippen LogP contribution >= 0.6 is 23.4 Å². The monoisotopic (exact) mass is 360 g/mol. The summed E-state index contributed by atoms with van der Waals surface area (Å²) in [7, 11) is 0. The predicted molar refractivity (Wildman–Crippen MR) is 84.4 cm³/mol. The van der Waals surface area contributed by atoms with E-state index in [2.05, 4.69) is 0 Å². The number of carbonyl (C=O) groups excluding carboxylic acids is 1. The lowest BCUT2D eigenvalue weighted by Gasteiger charge is -2.10. The van der Waals surface area contributed by atoms with E-state index in [1.54, 1.807) is 24.3 Å². The molecule has 7 heteroatoms. The molecular weight excluding hydrogens is 349 g/mol. The van der Waals surface area contributed by atoms with Crippen LogP contribution in [0.1, 0.15) is 12.5 Å². The van der Waals surface area contributed by atoms with Gasteiger partial charge in [-0.15, -0.1) is 0 Å². The number of alkyl halides is 3. The van der Waals surface area contributed by atoms with Crippen molar-refractivity contribution < 1.29 is 22.7 Å². The van der Waals surface area contributed by atoms with Gasteiger partial charge in [0.05, 0.1) is 5.56 Å². The van der Waals surface area contributed by atoms with E-state index in [9.17, 15) is 18.0 Å². The smallest absolute Gasteiger partial charge is 0.416 e. The molecule has 0 atom stereocenters. The van der Waals surface area contributed by atoms with Gasteiger partial charge in [-0.05, 0) is 29.8 Å². The molecule has 122 valence electrons. The van der Waals surface area contributed by atoms with Crippen molar-refractivity contribution in [3.63, 3.8) is 0 Å². The Kier molecular flexibility index (Phi) is 5.59. The number of esters is 1. The Bertz CT molecular complexity index is 699. The highest BCUT2D eigenvalue weighted by Gasteiger charge is 2.30. The number of thioether (sulfide) groups is 1. The molecule has 0 N–H and O–H groups in total. The second-order valence-electron chi connectivity index (χ2n) is 4.61. The van der Waals surface area contributed by atoms with Crippen LogP contribution < -0.4 is 0 Å². The minimum Gasteiger partial charge on any atom is -0.454 e. The summed E-state index contributed by atoms with van der Waals surface area (Å²) in [6.07, 6.45) is -4.42. The first kappa shape index (κ1) is 17.7. The maximum atomic E-state index is 12.6. The second kappa shape index (κ2) is 7.27. The summed E-state index contributed by atoms with van der Waals surface area (Å²) < 4.78 is 42.7. The molecule has 0 unspecified atom stereocenters. The molecule has 0 aliphatic carbocycles. The Labute approximate surface area is 140 Å². The van der Waals surface area contributed by atoms with Gasteiger partial charge in [-0.25, -0.2) is 0 Å². The van der Waals surface area contributed by atoms with E-state index in [0.29, 0.717) is 11.1 Å². The third-order valence-electron chi connectivity index (χ3n) is 2.95. The zero-order chi connectivity index (χ0) is 17.0. The quantitative estimate of drug-likeness (QED) is 0.401. The topological polar surface area (TPSA) is 26.3 Å². The molecule has 0 amide bonds. The van der Waals surface area contributed by atoms with E-state index in [-0.39, 0.29) is 16.9 Å². The highest BCUT2D eigenvalue weighted by molar-refractivity contribution is 7.99. The van der Waals surface area contributed by atoms with Gasteiger partial charge in [0.1, 0.15) is 5.94 Å². The van der Waals surface area contributed by atoms with Crippen LogP contribution in [0.3, 0.4) is 0 Å². The lowest BCUT2D eigenvalue weighted by molar-refractivity contribution is -0.139. The molecular formula is C16H12ClF3O2S. The van der Waals surface area contributed by atoms with Crippen molar-refractivity contribution in [1.82, 2.24) is 0 Å². The molecule has 2 nitrogen and oxygen atoms in total. The van der Waals surface area contributed by atoms with Crippen molar-refractivity contribution in [2.24, 2.45) is 0 Å². The van der Waals surface area contributed by atoms with Crippen LogP contribution in [0, 0.1) is 0 Å². The fraction of sp³-hybridized carbons (Fsp3) is 0.188. The Morgan fingerprint density at radius 1 is 1.17 bits per heavy atom. The molecule has 2 aromatic rings. The molecule has 0 aliphatic rings. The molecule has 0 aliphatic heterocycles. The summed E-state index contributed by atoms with van der Waals surface area (Å²) in [6, 6.07) is 10.4. The highest BCUT2D eigenvalue weighted by atomic mass is 35.5. The molecule has 0 radical (unpaired) electrons. The van der Waals surface area contributed by atoms with Gasteiger partial charge >= 0.3 is 12.1 Å². The van der Waals surface area contributed by atoms with Crippen LogP contribution in [-0.4, -0.2) is 11.9 Å². The third kappa shape index (κ3) is 4.91. The molecule has 0 spiro atoms. The summed E-state index contributed by atoms with van der Waals surface area (Å²) in [5.74, 6) is -0.152. The first-order valence-corrected chi connectivity index (χ1v) is 7.87. The van der Waals surface area contributed by atoms with Crippen LogP contribution in [-0.2, 0) is 15.7 Å². The molecule has 0 saturated carbocycles. The Morgan fingerprint density at radius 3 is 2.35 bits per heavy atom. The minimum atomic E-state index is -4.42. The molecule has 0 aromatic heterocycles. The maximum Gasteiger partial charge on any atom is 0.416 e. The summed E-state index contributed by atoms with van der Waals surface area (Å²) in [5.41, 5.74) is 0.455. The first-order chi connectivity index (χ1) is 10.8. The number of rotatable bonds is 4. The zero-order valence-corrected chi connectivity index (χ0v) is 13.6. The molecule has 2 aromatic carbocycles. The number of benzene rings is 2. The van der Waals surface area contributed by atoms with Crippen molar-refractivity contribution in [3.8, 4) is 11.1 Å². The molecule has 0 heterocycles. The molecule has 0 bridgehead atoms. The standard InChI is InChI=1S/C16H12ClF3O2S/c1-10(21)22-9-23-13-5-2-11(3-6-13)14-7-4-12(8-15(14)17)16(18,19)20/h2-8H,9H2,1H3. The van der Waals surface area contributed by atoms with E-state index in [4.69, 9.17) is 16.3 Å². The van der Waals surface area contributed by atoms with Crippen molar-refractivity contribution in [2.45, 2.75) is 18.0 Å². The summed E-state index contributed by atoms with van der Waals surface area (Å²) in [4.78, 5) is 11.6. The van der Waals surface area contributed by atoms with Gasteiger partial charge in [-0.2, -0.15) is 13.2 Å². The fourth-order valence-corrected chi connectivity index (χ4v) is 2.82. The average molecular weight is 361 g/mol. The Hall–Kier alpha value is -1.66. The zero-order valence-electron chi connectivity index (χ0n) is 12.0. The molecule has 0 fully saturated rings. The average Bonchev–Trinajstić information content (AvgIpc) is 2.47. The highest BCUT2D eigenvalue weighted by Crippen LogP contribution is 2.36. The Balaban J connectivity index is 2.15. The van der Waals surface area contributed by atoms with Crippen molar-refractivity contribution in [3.05, 3.63) is 53.1 Å². The van der Waals surface area contributed by atoms with Crippen LogP contribution in [0.5, 0.6) is 0 Å². The number of ether oxygens (including phenoxy) is 1. The SMILES string of the molecule is CC(=O)OCSc1ccc(-c2ccc(C(F)(F)F)cc2Cl)cc1. The first-order valence-electron chi connectivity index (χ1n) is 6.51. The number of hydrogen-bond acceptors (Lipinski definition) is 3. The summed E-state index contributed by atoms with van der Waals surface area (Å²) >= 11 is 7.30. The van der Waals surface area contributed by atoms with Gasteiger partial charge < -0.3 is 4.74 Å². The fourth-order valence-electron chi connectivity index (χ4n) is 1.84. The van der Waals surface area contributed by atoms with Gasteiger partial charge in [-0.3, -0.25) is 4.79 Å². The molecule has 0 saturated heterocycles. The van der Waals surface area contributed by atoms with Gasteiger partial charge in [0.2, 0.25) is 0 Å². The van der Waals surface area contributed by atoms with Crippen molar-refractivity contribution in [1.29, 1.82) is 0 Å².